The summed E-state index contributed by atoms with van der Waals surface area (Å²) in [6.45, 7) is 2.11. The highest BCUT2D eigenvalue weighted by atomic mass is 19.1. The van der Waals surface area contributed by atoms with Crippen molar-refractivity contribution in [1.29, 1.82) is 0 Å². The number of aryl methyl sites for hydroxylation is 1. The lowest BCUT2D eigenvalue weighted by molar-refractivity contribution is 0.346. The summed E-state index contributed by atoms with van der Waals surface area (Å²) in [5, 5.41) is 3.96. The van der Waals surface area contributed by atoms with Crippen LogP contribution < -0.4 is 0 Å². The maximum Gasteiger partial charge on any atom is 0.137 e. The zero-order valence-electron chi connectivity index (χ0n) is 11.1. The van der Waals surface area contributed by atoms with Crippen molar-refractivity contribution in [3.8, 4) is 0 Å². The Morgan fingerprint density at radius 3 is 2.80 bits per heavy atom. The molecule has 1 aliphatic heterocycles. The molecule has 1 saturated heterocycles. The molecule has 2 heterocycles. The highest BCUT2D eigenvalue weighted by Crippen LogP contribution is 2.51. The van der Waals surface area contributed by atoms with Crippen LogP contribution in [0.1, 0.15) is 49.0 Å². The minimum Gasteiger partial charge on any atom is -0.361 e. The average Bonchev–Trinajstić information content (AvgIpc) is 3.07. The molecular weight excluding hydrogens is 264 g/mol. The molecule has 5 heteroatoms. The molecule has 0 radical (unpaired) electrons. The van der Waals surface area contributed by atoms with Gasteiger partial charge in [0.1, 0.15) is 35.3 Å². The van der Waals surface area contributed by atoms with Gasteiger partial charge in [0.25, 0.3) is 0 Å². The maximum absolute atomic E-state index is 13.6. The van der Waals surface area contributed by atoms with Gasteiger partial charge in [0.2, 0.25) is 0 Å². The highest BCUT2D eigenvalue weighted by Gasteiger charge is 2.45. The van der Waals surface area contributed by atoms with Crippen molar-refractivity contribution in [1.82, 2.24) is 5.16 Å². The first kappa shape index (κ1) is 13.2. The first-order valence-electron chi connectivity index (χ1n) is 6.75. The van der Waals surface area contributed by atoms with Gasteiger partial charge in [0.15, 0.2) is 0 Å². The second-order valence-electron chi connectivity index (χ2n) is 4.96. The SMILES string of the molecule is CCCCc1cc(C2OC2c2ccc(F)cc2F)no1. The van der Waals surface area contributed by atoms with Crippen molar-refractivity contribution in [2.45, 2.75) is 38.4 Å². The van der Waals surface area contributed by atoms with Gasteiger partial charge in [-0.2, -0.15) is 0 Å². The van der Waals surface area contributed by atoms with Crippen LogP contribution in [0.5, 0.6) is 0 Å². The maximum atomic E-state index is 13.6. The molecular formula is C15H15F2NO2. The van der Waals surface area contributed by atoms with Gasteiger partial charge in [-0.25, -0.2) is 8.78 Å². The van der Waals surface area contributed by atoms with Crippen molar-refractivity contribution in [2.75, 3.05) is 0 Å². The number of ether oxygens (including phenoxy) is 1. The number of unbranched alkanes of at least 4 members (excludes halogenated alkanes) is 1. The molecule has 2 unspecified atom stereocenters. The standard InChI is InChI=1S/C15H15F2NO2/c1-2-3-4-10-8-13(18-20-10)15-14(19-15)11-6-5-9(16)7-12(11)17/h5-8,14-15H,2-4H2,1H3. The average molecular weight is 279 g/mol. The van der Waals surface area contributed by atoms with Crippen LogP contribution in [0.15, 0.2) is 28.8 Å². The van der Waals surface area contributed by atoms with E-state index in [4.69, 9.17) is 9.26 Å². The molecule has 0 bridgehead atoms. The summed E-state index contributed by atoms with van der Waals surface area (Å²) < 4.78 is 37.2. The molecule has 0 aliphatic carbocycles. The summed E-state index contributed by atoms with van der Waals surface area (Å²) in [4.78, 5) is 0. The monoisotopic (exact) mass is 279 g/mol. The molecule has 2 atom stereocenters. The summed E-state index contributed by atoms with van der Waals surface area (Å²) in [5.41, 5.74) is 1.03. The predicted molar refractivity (Wildman–Crippen MR) is 68.0 cm³/mol. The molecule has 1 aromatic carbocycles. The Labute approximate surface area is 115 Å². The third kappa shape index (κ3) is 2.58. The van der Waals surface area contributed by atoms with Crippen LogP contribution >= 0.6 is 0 Å². The molecule has 2 aromatic rings. The second kappa shape index (κ2) is 5.32. The second-order valence-corrected chi connectivity index (χ2v) is 4.96. The van der Waals surface area contributed by atoms with Crippen molar-refractivity contribution >= 4 is 0 Å². The molecule has 0 amide bonds. The minimum atomic E-state index is -0.591. The van der Waals surface area contributed by atoms with Gasteiger partial charge < -0.3 is 9.26 Å². The normalized spacial score (nSPS) is 21.1. The van der Waals surface area contributed by atoms with Crippen LogP contribution in [0, 0.1) is 11.6 Å². The van der Waals surface area contributed by atoms with E-state index in [2.05, 4.69) is 12.1 Å². The Hall–Kier alpha value is -1.75. The fourth-order valence-corrected chi connectivity index (χ4v) is 2.24. The van der Waals surface area contributed by atoms with E-state index >= 15 is 0 Å². The molecule has 0 N–H and O–H groups in total. The van der Waals surface area contributed by atoms with Crippen molar-refractivity contribution in [3.63, 3.8) is 0 Å². The fourth-order valence-electron chi connectivity index (χ4n) is 2.24. The number of epoxide rings is 1. The highest BCUT2D eigenvalue weighted by molar-refractivity contribution is 5.28. The van der Waals surface area contributed by atoms with E-state index in [1.807, 2.05) is 6.07 Å². The molecule has 1 fully saturated rings. The van der Waals surface area contributed by atoms with Crippen LogP contribution in [-0.2, 0) is 11.2 Å². The van der Waals surface area contributed by atoms with Crippen LogP contribution in [-0.4, -0.2) is 5.16 Å². The molecule has 0 spiro atoms. The molecule has 1 aliphatic rings. The third-order valence-corrected chi connectivity index (χ3v) is 3.41. The summed E-state index contributed by atoms with van der Waals surface area (Å²) in [7, 11) is 0. The van der Waals surface area contributed by atoms with Gasteiger partial charge in [0.05, 0.1) is 0 Å². The lowest BCUT2D eigenvalue weighted by Crippen LogP contribution is -1.91. The van der Waals surface area contributed by atoms with Gasteiger partial charge in [-0.15, -0.1) is 0 Å². The van der Waals surface area contributed by atoms with Gasteiger partial charge in [-0.1, -0.05) is 24.6 Å². The topological polar surface area (TPSA) is 38.6 Å². The number of halogens is 2. The van der Waals surface area contributed by atoms with Crippen LogP contribution in [0.2, 0.25) is 0 Å². The Bertz CT molecular complexity index is 612. The smallest absolute Gasteiger partial charge is 0.137 e. The first-order valence-corrected chi connectivity index (χ1v) is 6.75. The van der Waals surface area contributed by atoms with E-state index in [1.165, 1.54) is 12.1 Å². The summed E-state index contributed by atoms with van der Waals surface area (Å²) in [6.07, 6.45) is 2.26. The summed E-state index contributed by atoms with van der Waals surface area (Å²) in [6, 6.07) is 5.35. The van der Waals surface area contributed by atoms with Gasteiger partial charge in [0, 0.05) is 24.1 Å². The first-order chi connectivity index (χ1) is 9.69. The Balaban J connectivity index is 1.70. The Morgan fingerprint density at radius 1 is 1.20 bits per heavy atom. The quantitative estimate of drug-likeness (QED) is 0.773. The molecule has 106 valence electrons. The van der Waals surface area contributed by atoms with E-state index in [0.29, 0.717) is 11.3 Å². The van der Waals surface area contributed by atoms with Crippen LogP contribution in [0.3, 0.4) is 0 Å². The number of rotatable bonds is 5. The van der Waals surface area contributed by atoms with E-state index in [1.54, 1.807) is 0 Å². The summed E-state index contributed by atoms with van der Waals surface area (Å²) >= 11 is 0. The number of hydrogen-bond donors (Lipinski definition) is 0. The largest absolute Gasteiger partial charge is 0.361 e. The molecule has 3 nitrogen and oxygen atoms in total. The van der Waals surface area contributed by atoms with E-state index in [-0.39, 0.29) is 6.10 Å². The van der Waals surface area contributed by atoms with Crippen LogP contribution in [0.4, 0.5) is 8.78 Å². The van der Waals surface area contributed by atoms with Gasteiger partial charge in [-0.3, -0.25) is 0 Å². The number of hydrogen-bond acceptors (Lipinski definition) is 3. The van der Waals surface area contributed by atoms with Crippen molar-refractivity contribution < 1.29 is 18.0 Å². The zero-order valence-corrected chi connectivity index (χ0v) is 11.1. The zero-order chi connectivity index (χ0) is 14.1. The fraction of sp³-hybridized carbons (Fsp3) is 0.400. The third-order valence-electron chi connectivity index (χ3n) is 3.41. The molecule has 20 heavy (non-hydrogen) atoms. The number of aromatic nitrogens is 1. The van der Waals surface area contributed by atoms with Gasteiger partial charge >= 0.3 is 0 Å². The summed E-state index contributed by atoms with van der Waals surface area (Å²) in [5.74, 6) is -0.366. The van der Waals surface area contributed by atoms with Gasteiger partial charge in [-0.05, 0) is 12.5 Å². The van der Waals surface area contributed by atoms with Crippen LogP contribution in [0.25, 0.3) is 0 Å². The lowest BCUT2D eigenvalue weighted by atomic mass is 10.1. The number of nitrogens with zero attached hydrogens (tertiary/aromatic N) is 1. The molecule has 1 aromatic heterocycles. The van der Waals surface area contributed by atoms with Crippen molar-refractivity contribution in [2.24, 2.45) is 0 Å². The predicted octanol–water partition coefficient (Wildman–Crippen LogP) is 4.11. The number of benzene rings is 1. The lowest BCUT2D eigenvalue weighted by Gasteiger charge is -1.97. The van der Waals surface area contributed by atoms with E-state index < -0.39 is 17.7 Å². The Kier molecular flexibility index (Phi) is 3.53. The minimum absolute atomic E-state index is 0.297. The van der Waals surface area contributed by atoms with Crippen molar-refractivity contribution in [3.05, 3.63) is 52.9 Å². The molecule has 0 saturated carbocycles. The molecule has 3 rings (SSSR count). The van der Waals surface area contributed by atoms with E-state index in [0.717, 1.165) is 31.1 Å². The Morgan fingerprint density at radius 2 is 2.05 bits per heavy atom. The van der Waals surface area contributed by atoms with E-state index in [9.17, 15) is 8.78 Å².